The highest BCUT2D eigenvalue weighted by molar-refractivity contribution is 5.94. The Bertz CT molecular complexity index is 430. The molecule has 0 bridgehead atoms. The van der Waals surface area contributed by atoms with Gasteiger partial charge >= 0.3 is 0 Å². The molecule has 1 aromatic carbocycles. The molecule has 1 aliphatic carbocycles. The first kappa shape index (κ1) is 12.9. The minimum Gasteiger partial charge on any atom is -0.508 e. The highest BCUT2D eigenvalue weighted by Crippen LogP contribution is 2.26. The Morgan fingerprint density at radius 1 is 1.56 bits per heavy atom. The van der Waals surface area contributed by atoms with Crippen molar-refractivity contribution < 1.29 is 9.90 Å². The fourth-order valence-electron chi connectivity index (χ4n) is 1.98. The van der Waals surface area contributed by atoms with E-state index in [4.69, 9.17) is 0 Å². The van der Waals surface area contributed by atoms with Gasteiger partial charge in [-0.15, -0.1) is 0 Å². The maximum absolute atomic E-state index is 11.9. The van der Waals surface area contributed by atoms with E-state index in [0.717, 1.165) is 0 Å². The number of carbonyl (C=O) groups excluding carboxylic acids is 1. The van der Waals surface area contributed by atoms with Gasteiger partial charge in [-0.05, 0) is 45.0 Å². The summed E-state index contributed by atoms with van der Waals surface area (Å²) in [5.41, 5.74) is 0.497. The van der Waals surface area contributed by atoms with Gasteiger partial charge in [0.15, 0.2) is 0 Å². The van der Waals surface area contributed by atoms with Gasteiger partial charge in [0.1, 0.15) is 5.75 Å². The van der Waals surface area contributed by atoms with E-state index >= 15 is 0 Å². The van der Waals surface area contributed by atoms with Crippen molar-refractivity contribution in [1.29, 1.82) is 0 Å². The van der Waals surface area contributed by atoms with Crippen LogP contribution in [0, 0.1) is 0 Å². The number of rotatable bonds is 5. The zero-order chi connectivity index (χ0) is 13.1. The van der Waals surface area contributed by atoms with Crippen LogP contribution in [0.2, 0.25) is 0 Å². The summed E-state index contributed by atoms with van der Waals surface area (Å²) in [7, 11) is 2.10. The first-order chi connectivity index (χ1) is 8.58. The lowest BCUT2D eigenvalue weighted by molar-refractivity contribution is 0.0939. The lowest BCUT2D eigenvalue weighted by Gasteiger charge is -2.24. The van der Waals surface area contributed by atoms with Crippen molar-refractivity contribution in [1.82, 2.24) is 10.2 Å². The summed E-state index contributed by atoms with van der Waals surface area (Å²) in [4.78, 5) is 14.2. The van der Waals surface area contributed by atoms with E-state index in [-0.39, 0.29) is 11.7 Å². The number of aromatic hydroxyl groups is 1. The predicted octanol–water partition coefficient (Wildman–Crippen LogP) is 1.60. The topological polar surface area (TPSA) is 52.6 Å². The molecule has 1 aliphatic rings. The number of nitrogens with one attached hydrogen (secondary N) is 1. The number of hydrogen-bond donors (Lipinski definition) is 2. The molecule has 4 nitrogen and oxygen atoms in total. The number of benzene rings is 1. The summed E-state index contributed by atoms with van der Waals surface area (Å²) in [5.74, 6) is -0.0206. The average molecular weight is 248 g/mol. The fraction of sp³-hybridized carbons (Fsp3) is 0.500. The van der Waals surface area contributed by atoms with Gasteiger partial charge in [-0.25, -0.2) is 0 Å². The third kappa shape index (κ3) is 3.23. The number of phenols is 1. The van der Waals surface area contributed by atoms with Crippen LogP contribution in [0.4, 0.5) is 0 Å². The Hall–Kier alpha value is -1.55. The normalized spacial score (nSPS) is 16.6. The Morgan fingerprint density at radius 2 is 2.28 bits per heavy atom. The Morgan fingerprint density at radius 3 is 2.89 bits per heavy atom. The number of amides is 1. The van der Waals surface area contributed by atoms with Crippen molar-refractivity contribution in [2.75, 3.05) is 13.6 Å². The molecule has 0 spiro atoms. The molecule has 1 fully saturated rings. The number of likely N-dealkylation sites (N-methyl/N-ethyl adjacent to an activating group) is 1. The van der Waals surface area contributed by atoms with E-state index in [2.05, 4.69) is 24.2 Å². The van der Waals surface area contributed by atoms with Crippen LogP contribution >= 0.6 is 0 Å². The van der Waals surface area contributed by atoms with Crippen LogP contribution < -0.4 is 5.32 Å². The van der Waals surface area contributed by atoms with Gasteiger partial charge in [0.2, 0.25) is 0 Å². The van der Waals surface area contributed by atoms with Crippen LogP contribution in [0.25, 0.3) is 0 Å². The molecular formula is C14H20N2O2. The van der Waals surface area contributed by atoms with Gasteiger partial charge < -0.3 is 10.4 Å². The van der Waals surface area contributed by atoms with Crippen molar-refractivity contribution in [3.05, 3.63) is 29.8 Å². The lowest BCUT2D eigenvalue weighted by atomic mass is 10.2. The van der Waals surface area contributed by atoms with Crippen LogP contribution in [0.15, 0.2) is 24.3 Å². The second-order valence-electron chi connectivity index (χ2n) is 5.01. The quantitative estimate of drug-likeness (QED) is 0.832. The Balaban J connectivity index is 1.84. The third-order valence-electron chi connectivity index (χ3n) is 3.48. The van der Waals surface area contributed by atoms with E-state index in [9.17, 15) is 9.90 Å². The molecule has 1 saturated carbocycles. The number of hydrogen-bond acceptors (Lipinski definition) is 3. The highest BCUT2D eigenvalue weighted by atomic mass is 16.3. The molecule has 98 valence electrons. The van der Waals surface area contributed by atoms with Crippen LogP contribution in [-0.4, -0.2) is 41.6 Å². The van der Waals surface area contributed by atoms with Gasteiger partial charge in [-0.2, -0.15) is 0 Å². The molecule has 18 heavy (non-hydrogen) atoms. The molecule has 2 rings (SSSR count). The highest BCUT2D eigenvalue weighted by Gasteiger charge is 2.29. The van der Waals surface area contributed by atoms with Gasteiger partial charge in [0, 0.05) is 24.2 Å². The van der Waals surface area contributed by atoms with E-state index in [0.29, 0.717) is 24.2 Å². The van der Waals surface area contributed by atoms with Crippen LogP contribution in [0.1, 0.15) is 30.1 Å². The van der Waals surface area contributed by atoms with Crippen LogP contribution in [-0.2, 0) is 0 Å². The van der Waals surface area contributed by atoms with Crippen LogP contribution in [0.3, 0.4) is 0 Å². The number of nitrogens with zero attached hydrogens (tertiary/aromatic N) is 1. The molecule has 4 heteroatoms. The Kier molecular flexibility index (Phi) is 3.87. The second kappa shape index (κ2) is 5.40. The van der Waals surface area contributed by atoms with Gasteiger partial charge in [-0.3, -0.25) is 9.69 Å². The molecule has 0 saturated heterocycles. The van der Waals surface area contributed by atoms with Crippen molar-refractivity contribution >= 4 is 5.91 Å². The number of phenolic OH excluding ortho intramolecular Hbond substituents is 1. The maximum Gasteiger partial charge on any atom is 0.251 e. The van der Waals surface area contributed by atoms with E-state index < -0.39 is 0 Å². The summed E-state index contributed by atoms with van der Waals surface area (Å²) < 4.78 is 0. The van der Waals surface area contributed by atoms with Crippen LogP contribution in [0.5, 0.6) is 5.75 Å². The van der Waals surface area contributed by atoms with Gasteiger partial charge in [-0.1, -0.05) is 6.07 Å². The van der Waals surface area contributed by atoms with Crippen molar-refractivity contribution in [2.24, 2.45) is 0 Å². The SMILES string of the molecule is CC(CNC(=O)c1cccc(O)c1)N(C)C1CC1. The summed E-state index contributed by atoms with van der Waals surface area (Å²) in [6, 6.07) is 7.43. The molecule has 1 aromatic rings. The standard InChI is InChI=1S/C14H20N2O2/c1-10(16(2)12-6-7-12)9-15-14(18)11-4-3-5-13(17)8-11/h3-5,8,10,12,17H,6-7,9H2,1-2H3,(H,15,18). The average Bonchev–Trinajstić information content (AvgIpc) is 3.18. The van der Waals surface area contributed by atoms with E-state index in [1.165, 1.54) is 18.9 Å². The van der Waals surface area contributed by atoms with Gasteiger partial charge in [0.25, 0.3) is 5.91 Å². The smallest absolute Gasteiger partial charge is 0.251 e. The molecule has 1 atom stereocenters. The summed E-state index contributed by atoms with van der Waals surface area (Å²) >= 11 is 0. The minimum absolute atomic E-state index is 0.116. The fourth-order valence-corrected chi connectivity index (χ4v) is 1.98. The van der Waals surface area contributed by atoms with E-state index in [1.807, 2.05) is 0 Å². The van der Waals surface area contributed by atoms with Crippen molar-refractivity contribution in [3.63, 3.8) is 0 Å². The van der Waals surface area contributed by atoms with Crippen molar-refractivity contribution in [3.8, 4) is 5.75 Å². The molecule has 0 aliphatic heterocycles. The summed E-state index contributed by atoms with van der Waals surface area (Å²) in [6.07, 6.45) is 2.53. The summed E-state index contributed by atoms with van der Waals surface area (Å²) in [5, 5.41) is 12.2. The van der Waals surface area contributed by atoms with E-state index in [1.54, 1.807) is 18.2 Å². The molecule has 2 N–H and O–H groups in total. The zero-order valence-electron chi connectivity index (χ0n) is 10.9. The second-order valence-corrected chi connectivity index (χ2v) is 5.01. The summed E-state index contributed by atoms with van der Waals surface area (Å²) in [6.45, 7) is 2.74. The zero-order valence-corrected chi connectivity index (χ0v) is 10.9. The first-order valence-corrected chi connectivity index (χ1v) is 6.37. The molecule has 0 heterocycles. The Labute approximate surface area is 108 Å². The largest absolute Gasteiger partial charge is 0.508 e. The maximum atomic E-state index is 11.9. The van der Waals surface area contributed by atoms with Crippen molar-refractivity contribution in [2.45, 2.75) is 31.8 Å². The monoisotopic (exact) mass is 248 g/mol. The minimum atomic E-state index is -0.137. The van der Waals surface area contributed by atoms with Gasteiger partial charge in [0.05, 0.1) is 0 Å². The predicted molar refractivity (Wildman–Crippen MR) is 70.7 cm³/mol. The third-order valence-corrected chi connectivity index (χ3v) is 3.48. The lowest BCUT2D eigenvalue weighted by Crippen LogP contribution is -2.41. The molecular weight excluding hydrogens is 228 g/mol. The number of carbonyl (C=O) groups is 1. The molecule has 0 radical (unpaired) electrons. The first-order valence-electron chi connectivity index (χ1n) is 6.37. The molecule has 1 unspecified atom stereocenters. The molecule has 1 amide bonds. The molecule has 0 aromatic heterocycles.